The number of hydrogen-bond acceptors (Lipinski definition) is 5. The van der Waals surface area contributed by atoms with E-state index in [1.807, 2.05) is 0 Å². The summed E-state index contributed by atoms with van der Waals surface area (Å²) < 4.78 is 43.7. The van der Waals surface area contributed by atoms with Crippen LogP contribution in [0.2, 0.25) is 0 Å². The zero-order chi connectivity index (χ0) is 23.4. The van der Waals surface area contributed by atoms with Crippen molar-refractivity contribution in [2.75, 3.05) is 0 Å². The van der Waals surface area contributed by atoms with Crippen molar-refractivity contribution in [1.29, 1.82) is 0 Å². The Bertz CT molecular complexity index is 1160. The van der Waals surface area contributed by atoms with Gasteiger partial charge in [0.2, 0.25) is 0 Å². The molecule has 0 saturated carbocycles. The van der Waals surface area contributed by atoms with Gasteiger partial charge in [-0.1, -0.05) is 6.07 Å². The summed E-state index contributed by atoms with van der Waals surface area (Å²) in [6.45, 7) is 0.0640. The van der Waals surface area contributed by atoms with Crippen molar-refractivity contribution in [3.8, 4) is 22.7 Å². The van der Waals surface area contributed by atoms with Crippen LogP contribution in [0.4, 0.5) is 13.2 Å². The summed E-state index contributed by atoms with van der Waals surface area (Å²) in [5.41, 5.74) is -0.444. The highest BCUT2D eigenvalue weighted by molar-refractivity contribution is 5.95. The maximum absolute atomic E-state index is 13.8. The van der Waals surface area contributed by atoms with E-state index in [4.69, 9.17) is 0 Å². The van der Waals surface area contributed by atoms with E-state index < -0.39 is 36.0 Å². The second-order valence-electron chi connectivity index (χ2n) is 7.05. The molecule has 0 spiro atoms. The quantitative estimate of drug-likeness (QED) is 0.581. The zero-order valence-electron chi connectivity index (χ0n) is 17.1. The molecular formula is C22H20F3N3O4. The van der Waals surface area contributed by atoms with Crippen molar-refractivity contribution >= 4 is 5.91 Å². The lowest BCUT2D eigenvalue weighted by molar-refractivity contribution is -0.0498. The summed E-state index contributed by atoms with van der Waals surface area (Å²) in [5.74, 6) is -1.44. The molecule has 32 heavy (non-hydrogen) atoms. The molecule has 1 amide bonds. The normalized spacial score (nSPS) is 13.0. The van der Waals surface area contributed by atoms with Crippen LogP contribution >= 0.6 is 0 Å². The van der Waals surface area contributed by atoms with Crippen LogP contribution < -0.4 is 15.6 Å². The molecule has 0 saturated heterocycles. The van der Waals surface area contributed by atoms with Gasteiger partial charge in [-0.3, -0.25) is 9.59 Å². The summed E-state index contributed by atoms with van der Waals surface area (Å²) in [4.78, 5) is 25.7. The van der Waals surface area contributed by atoms with E-state index in [0.717, 1.165) is 10.7 Å². The van der Waals surface area contributed by atoms with Crippen molar-refractivity contribution in [1.82, 2.24) is 15.1 Å². The monoisotopic (exact) mass is 447 g/mol. The van der Waals surface area contributed by atoms with Crippen LogP contribution in [-0.2, 0) is 0 Å². The largest absolute Gasteiger partial charge is 0.435 e. The fraction of sp³-hybridized carbons (Fsp3) is 0.227. The number of aliphatic hydroxyl groups excluding tert-OH is 1. The Morgan fingerprint density at radius 3 is 2.41 bits per heavy atom. The van der Waals surface area contributed by atoms with E-state index in [2.05, 4.69) is 15.2 Å². The second kappa shape index (κ2) is 9.65. The van der Waals surface area contributed by atoms with E-state index in [1.165, 1.54) is 55.5 Å². The average Bonchev–Trinajstić information content (AvgIpc) is 2.74. The molecule has 0 radical (unpaired) electrons. The topological polar surface area (TPSA) is 93.4 Å². The molecule has 2 N–H and O–H groups in total. The third-order valence-electron chi connectivity index (χ3n) is 4.67. The SMILES string of the molecule is C[C@H](O)[C@@H](C)NC(=O)c1cc(-c2ccc(OC(F)F)cc2)nn(-c2cccc(F)c2)c1=O. The van der Waals surface area contributed by atoms with Crippen LogP contribution in [0.25, 0.3) is 16.9 Å². The molecule has 1 heterocycles. The van der Waals surface area contributed by atoms with E-state index >= 15 is 0 Å². The number of amides is 1. The fourth-order valence-corrected chi connectivity index (χ4v) is 2.79. The first kappa shape index (κ1) is 23.0. The predicted molar refractivity (Wildman–Crippen MR) is 110 cm³/mol. The Morgan fingerprint density at radius 1 is 1.12 bits per heavy atom. The molecule has 0 aliphatic carbocycles. The molecule has 168 valence electrons. The summed E-state index contributed by atoms with van der Waals surface area (Å²) in [6.07, 6.45) is -0.868. The lowest BCUT2D eigenvalue weighted by Crippen LogP contribution is -2.42. The number of benzene rings is 2. The standard InChI is InChI=1S/C22H20F3N3O4/c1-12(13(2)29)26-20(30)18-11-19(14-6-8-17(9-7-14)32-22(24)25)27-28(21(18)31)16-5-3-4-15(23)10-16/h3-13,22,29H,1-2H3,(H,26,30)/t12-,13+/m1/s1. The molecule has 0 fully saturated rings. The first-order chi connectivity index (χ1) is 15.2. The maximum Gasteiger partial charge on any atom is 0.387 e. The number of nitrogens with one attached hydrogen (secondary N) is 1. The number of aliphatic hydroxyl groups is 1. The van der Waals surface area contributed by atoms with Gasteiger partial charge in [0, 0.05) is 5.56 Å². The van der Waals surface area contributed by atoms with Crippen LogP contribution in [0, 0.1) is 5.82 Å². The minimum atomic E-state index is -2.99. The third kappa shape index (κ3) is 5.33. The van der Waals surface area contributed by atoms with Crippen molar-refractivity contribution in [2.24, 2.45) is 0 Å². The number of nitrogens with zero attached hydrogens (tertiary/aromatic N) is 2. The number of ether oxygens (including phenoxy) is 1. The molecule has 0 aliphatic rings. The molecule has 0 bridgehead atoms. The summed E-state index contributed by atoms with van der Waals surface area (Å²) in [7, 11) is 0. The highest BCUT2D eigenvalue weighted by Crippen LogP contribution is 2.22. The molecular weight excluding hydrogens is 427 g/mol. The number of alkyl halides is 2. The zero-order valence-corrected chi connectivity index (χ0v) is 17.1. The highest BCUT2D eigenvalue weighted by atomic mass is 19.3. The Morgan fingerprint density at radius 2 is 1.81 bits per heavy atom. The molecule has 7 nitrogen and oxygen atoms in total. The van der Waals surface area contributed by atoms with Gasteiger partial charge in [0.25, 0.3) is 11.5 Å². The molecule has 2 aromatic carbocycles. The van der Waals surface area contributed by atoms with Crippen molar-refractivity contribution in [3.05, 3.63) is 76.3 Å². The molecule has 0 aliphatic heterocycles. The van der Waals surface area contributed by atoms with Gasteiger partial charge < -0.3 is 15.2 Å². The number of rotatable bonds is 7. The van der Waals surface area contributed by atoms with Crippen LogP contribution in [0.15, 0.2) is 59.4 Å². The fourth-order valence-electron chi connectivity index (χ4n) is 2.79. The van der Waals surface area contributed by atoms with Crippen LogP contribution in [-0.4, -0.2) is 39.6 Å². The Labute approximate surface area is 181 Å². The smallest absolute Gasteiger partial charge is 0.387 e. The lowest BCUT2D eigenvalue weighted by atomic mass is 10.1. The minimum Gasteiger partial charge on any atom is -0.435 e. The third-order valence-corrected chi connectivity index (χ3v) is 4.67. The average molecular weight is 447 g/mol. The van der Waals surface area contributed by atoms with Gasteiger partial charge >= 0.3 is 6.61 Å². The summed E-state index contributed by atoms with van der Waals surface area (Å²) in [5, 5.41) is 16.4. The van der Waals surface area contributed by atoms with Gasteiger partial charge in [0.1, 0.15) is 17.1 Å². The summed E-state index contributed by atoms with van der Waals surface area (Å²) >= 11 is 0. The van der Waals surface area contributed by atoms with E-state index in [1.54, 1.807) is 6.92 Å². The number of carbonyl (C=O) groups excluding carboxylic acids is 1. The second-order valence-corrected chi connectivity index (χ2v) is 7.05. The Balaban J connectivity index is 2.12. The van der Waals surface area contributed by atoms with Crippen LogP contribution in [0.1, 0.15) is 24.2 Å². The van der Waals surface area contributed by atoms with E-state index in [-0.39, 0.29) is 22.7 Å². The molecule has 3 rings (SSSR count). The van der Waals surface area contributed by atoms with E-state index in [0.29, 0.717) is 5.56 Å². The molecule has 3 aromatic rings. The predicted octanol–water partition coefficient (Wildman–Crippen LogP) is 3.14. The lowest BCUT2D eigenvalue weighted by Gasteiger charge is -2.17. The number of halogens is 3. The molecule has 0 unspecified atom stereocenters. The van der Waals surface area contributed by atoms with Crippen LogP contribution in [0.5, 0.6) is 5.75 Å². The minimum absolute atomic E-state index is 0.0778. The van der Waals surface area contributed by atoms with E-state index in [9.17, 15) is 27.9 Å². The van der Waals surface area contributed by atoms with Gasteiger partial charge in [0.15, 0.2) is 0 Å². The molecule has 2 atom stereocenters. The van der Waals surface area contributed by atoms with Gasteiger partial charge in [-0.15, -0.1) is 0 Å². The highest BCUT2D eigenvalue weighted by Gasteiger charge is 2.20. The van der Waals surface area contributed by atoms with Gasteiger partial charge in [-0.2, -0.15) is 18.6 Å². The number of carbonyl (C=O) groups is 1. The van der Waals surface area contributed by atoms with Crippen LogP contribution in [0.3, 0.4) is 0 Å². The number of aromatic nitrogens is 2. The first-order valence-corrected chi connectivity index (χ1v) is 9.60. The van der Waals surface area contributed by atoms with Crippen molar-refractivity contribution < 1.29 is 27.8 Å². The first-order valence-electron chi connectivity index (χ1n) is 9.60. The van der Waals surface area contributed by atoms with Gasteiger partial charge in [-0.05, 0) is 62.4 Å². The Hall–Kier alpha value is -3.66. The van der Waals surface area contributed by atoms with Crippen molar-refractivity contribution in [2.45, 2.75) is 32.6 Å². The summed E-state index contributed by atoms with van der Waals surface area (Å²) in [6, 6.07) is 11.1. The maximum atomic E-state index is 13.8. The molecule has 10 heteroatoms. The van der Waals surface area contributed by atoms with Gasteiger partial charge in [0.05, 0.1) is 23.5 Å². The Kier molecular flexibility index (Phi) is 6.94. The van der Waals surface area contributed by atoms with Crippen molar-refractivity contribution in [3.63, 3.8) is 0 Å². The molecule has 1 aromatic heterocycles. The van der Waals surface area contributed by atoms with Gasteiger partial charge in [-0.25, -0.2) is 4.39 Å². The number of hydrogen-bond donors (Lipinski definition) is 2.